The molecule has 0 saturated heterocycles. The highest BCUT2D eigenvalue weighted by Gasteiger charge is 2.26. The standard InChI is InChI=1S/C12H16ClNO5S/c1-8-7-9(13)3-4-11(8)20(17,18)14-10(12(15)16)5-6-19-2/h3-4,7,10,14H,5-6H2,1-2H3,(H,15,16). The predicted octanol–water partition coefficient (Wildman–Crippen LogP) is 1.42. The Balaban J connectivity index is 3.00. The van der Waals surface area contributed by atoms with Gasteiger partial charge in [0.2, 0.25) is 10.0 Å². The molecule has 0 aliphatic carbocycles. The molecule has 1 aromatic rings. The van der Waals surface area contributed by atoms with E-state index in [1.54, 1.807) is 6.92 Å². The van der Waals surface area contributed by atoms with Gasteiger partial charge in [0.25, 0.3) is 0 Å². The summed E-state index contributed by atoms with van der Waals surface area (Å²) in [6, 6.07) is 3.04. The number of hydrogen-bond donors (Lipinski definition) is 2. The highest BCUT2D eigenvalue weighted by atomic mass is 35.5. The fourth-order valence-corrected chi connectivity index (χ4v) is 3.31. The molecule has 0 aliphatic rings. The van der Waals surface area contributed by atoms with Crippen LogP contribution in [0.1, 0.15) is 12.0 Å². The van der Waals surface area contributed by atoms with Crippen LogP contribution in [0.4, 0.5) is 0 Å². The van der Waals surface area contributed by atoms with Crippen LogP contribution in [0, 0.1) is 6.92 Å². The molecule has 0 saturated carbocycles. The van der Waals surface area contributed by atoms with Gasteiger partial charge in [-0.1, -0.05) is 11.6 Å². The monoisotopic (exact) mass is 321 g/mol. The number of halogens is 1. The van der Waals surface area contributed by atoms with Gasteiger partial charge in [0.05, 0.1) is 4.90 Å². The average Bonchev–Trinajstić information content (AvgIpc) is 2.33. The summed E-state index contributed by atoms with van der Waals surface area (Å²) in [4.78, 5) is 11.1. The first kappa shape index (κ1) is 16.9. The van der Waals surface area contributed by atoms with Crippen molar-refractivity contribution in [1.82, 2.24) is 4.72 Å². The summed E-state index contributed by atoms with van der Waals surface area (Å²) in [5.74, 6) is -1.25. The number of carbonyl (C=O) groups is 1. The van der Waals surface area contributed by atoms with Crippen LogP contribution in [0.25, 0.3) is 0 Å². The van der Waals surface area contributed by atoms with E-state index in [1.165, 1.54) is 25.3 Å². The molecule has 8 heteroatoms. The Kier molecular flexibility index (Phi) is 5.94. The molecule has 1 atom stereocenters. The molecule has 0 bridgehead atoms. The van der Waals surface area contributed by atoms with E-state index in [9.17, 15) is 13.2 Å². The fourth-order valence-electron chi connectivity index (χ4n) is 1.63. The van der Waals surface area contributed by atoms with Crippen molar-refractivity contribution in [2.24, 2.45) is 0 Å². The molecule has 0 spiro atoms. The minimum absolute atomic E-state index is 0.00515. The third-order valence-electron chi connectivity index (χ3n) is 2.63. The van der Waals surface area contributed by atoms with Crippen molar-refractivity contribution in [3.8, 4) is 0 Å². The summed E-state index contributed by atoms with van der Waals surface area (Å²) in [6.07, 6.45) is 0.0394. The molecule has 0 aliphatic heterocycles. The van der Waals surface area contributed by atoms with Gasteiger partial charge in [-0.05, 0) is 37.1 Å². The zero-order chi connectivity index (χ0) is 15.3. The second-order valence-electron chi connectivity index (χ2n) is 4.20. The van der Waals surface area contributed by atoms with Gasteiger partial charge in [-0.3, -0.25) is 4.79 Å². The largest absolute Gasteiger partial charge is 0.480 e. The number of aryl methyl sites for hydroxylation is 1. The van der Waals surface area contributed by atoms with Gasteiger partial charge in [-0.25, -0.2) is 8.42 Å². The van der Waals surface area contributed by atoms with Crippen molar-refractivity contribution in [1.29, 1.82) is 0 Å². The topological polar surface area (TPSA) is 92.7 Å². The number of carboxylic acids is 1. The van der Waals surface area contributed by atoms with E-state index in [-0.39, 0.29) is 17.9 Å². The molecule has 6 nitrogen and oxygen atoms in total. The Morgan fingerprint density at radius 3 is 2.65 bits per heavy atom. The van der Waals surface area contributed by atoms with E-state index in [0.29, 0.717) is 10.6 Å². The van der Waals surface area contributed by atoms with Gasteiger partial charge in [0, 0.05) is 18.7 Å². The van der Waals surface area contributed by atoms with Crippen molar-refractivity contribution >= 4 is 27.6 Å². The maximum atomic E-state index is 12.2. The molecule has 1 aromatic carbocycles. The molecule has 1 unspecified atom stereocenters. The normalized spacial score (nSPS) is 13.2. The number of aliphatic carboxylic acids is 1. The smallest absolute Gasteiger partial charge is 0.321 e. The van der Waals surface area contributed by atoms with Crippen LogP contribution in [0.2, 0.25) is 5.02 Å². The number of benzene rings is 1. The Labute approximate surface area is 122 Å². The molecule has 2 N–H and O–H groups in total. The number of rotatable bonds is 7. The summed E-state index contributed by atoms with van der Waals surface area (Å²) in [6.45, 7) is 1.73. The van der Waals surface area contributed by atoms with Crippen LogP contribution in [-0.4, -0.2) is 39.3 Å². The molecule has 0 fully saturated rings. The summed E-state index contributed by atoms with van der Waals surface area (Å²) in [5.41, 5.74) is 0.445. The van der Waals surface area contributed by atoms with Crippen molar-refractivity contribution in [3.05, 3.63) is 28.8 Å². The van der Waals surface area contributed by atoms with E-state index in [1.807, 2.05) is 0 Å². The van der Waals surface area contributed by atoms with Crippen molar-refractivity contribution in [2.75, 3.05) is 13.7 Å². The van der Waals surface area contributed by atoms with E-state index in [2.05, 4.69) is 4.72 Å². The van der Waals surface area contributed by atoms with Gasteiger partial charge in [-0.15, -0.1) is 0 Å². The predicted molar refractivity (Wildman–Crippen MR) is 74.4 cm³/mol. The van der Waals surface area contributed by atoms with Crippen LogP contribution < -0.4 is 4.72 Å². The van der Waals surface area contributed by atoms with Crippen LogP contribution in [0.3, 0.4) is 0 Å². The molecule has 0 amide bonds. The lowest BCUT2D eigenvalue weighted by Gasteiger charge is -2.15. The molecular weight excluding hydrogens is 306 g/mol. The van der Waals surface area contributed by atoms with Gasteiger partial charge in [0.15, 0.2) is 0 Å². The van der Waals surface area contributed by atoms with Crippen LogP contribution >= 0.6 is 11.6 Å². The molecule has 0 radical (unpaired) electrons. The second-order valence-corrected chi connectivity index (χ2v) is 6.32. The summed E-state index contributed by atoms with van der Waals surface area (Å²) < 4.78 is 31.3. The first-order valence-corrected chi connectivity index (χ1v) is 7.64. The first-order valence-electron chi connectivity index (χ1n) is 5.78. The third kappa shape index (κ3) is 4.45. The quantitative estimate of drug-likeness (QED) is 0.792. The number of sulfonamides is 1. The maximum Gasteiger partial charge on any atom is 0.321 e. The lowest BCUT2D eigenvalue weighted by molar-refractivity contribution is -0.139. The van der Waals surface area contributed by atoms with Crippen molar-refractivity contribution < 1.29 is 23.1 Å². The van der Waals surface area contributed by atoms with Gasteiger partial charge in [0.1, 0.15) is 6.04 Å². The molecule has 0 aromatic heterocycles. The van der Waals surface area contributed by atoms with Crippen molar-refractivity contribution in [2.45, 2.75) is 24.3 Å². The number of hydrogen-bond acceptors (Lipinski definition) is 4. The van der Waals surface area contributed by atoms with Gasteiger partial charge >= 0.3 is 5.97 Å². The highest BCUT2D eigenvalue weighted by molar-refractivity contribution is 7.89. The minimum Gasteiger partial charge on any atom is -0.480 e. The lowest BCUT2D eigenvalue weighted by atomic mass is 10.2. The van der Waals surface area contributed by atoms with Crippen LogP contribution in [0.15, 0.2) is 23.1 Å². The number of carboxylic acid groups (broad SMARTS) is 1. The van der Waals surface area contributed by atoms with Gasteiger partial charge in [-0.2, -0.15) is 4.72 Å². The summed E-state index contributed by atoms with van der Waals surface area (Å²) >= 11 is 5.77. The van der Waals surface area contributed by atoms with E-state index in [0.717, 1.165) is 0 Å². The molecular formula is C12H16ClNO5S. The van der Waals surface area contributed by atoms with Crippen LogP contribution in [-0.2, 0) is 19.6 Å². The fraction of sp³-hybridized carbons (Fsp3) is 0.417. The molecule has 0 heterocycles. The molecule has 20 heavy (non-hydrogen) atoms. The summed E-state index contributed by atoms with van der Waals surface area (Å²) in [7, 11) is -2.51. The van der Waals surface area contributed by atoms with Gasteiger partial charge < -0.3 is 9.84 Å². The van der Waals surface area contributed by atoms with Crippen molar-refractivity contribution in [3.63, 3.8) is 0 Å². The average molecular weight is 322 g/mol. The number of nitrogens with one attached hydrogen (secondary N) is 1. The minimum atomic E-state index is -3.93. The Morgan fingerprint density at radius 1 is 1.50 bits per heavy atom. The molecule has 112 valence electrons. The van der Waals surface area contributed by atoms with Crippen LogP contribution in [0.5, 0.6) is 0 Å². The Hall–Kier alpha value is -1.15. The Bertz CT molecular complexity index is 588. The number of ether oxygens (including phenoxy) is 1. The van der Waals surface area contributed by atoms with E-state index < -0.39 is 22.0 Å². The SMILES string of the molecule is COCCC(NS(=O)(=O)c1ccc(Cl)cc1C)C(=O)O. The Morgan fingerprint density at radius 2 is 2.15 bits per heavy atom. The molecule has 1 rings (SSSR count). The first-order chi connectivity index (χ1) is 9.27. The maximum absolute atomic E-state index is 12.2. The number of methoxy groups -OCH3 is 1. The zero-order valence-corrected chi connectivity index (χ0v) is 12.7. The summed E-state index contributed by atoms with van der Waals surface area (Å²) in [5, 5.41) is 9.43. The highest BCUT2D eigenvalue weighted by Crippen LogP contribution is 2.20. The second kappa shape index (κ2) is 7.03. The zero-order valence-electron chi connectivity index (χ0n) is 11.1. The third-order valence-corrected chi connectivity index (χ3v) is 4.50. The lowest BCUT2D eigenvalue weighted by Crippen LogP contribution is -2.41. The van der Waals surface area contributed by atoms with E-state index >= 15 is 0 Å². The van der Waals surface area contributed by atoms with E-state index in [4.69, 9.17) is 21.4 Å².